The Balaban J connectivity index is 3.34. The van der Waals surface area contributed by atoms with E-state index in [1.54, 1.807) is 0 Å². The number of ether oxygens (including phenoxy) is 2. The van der Waals surface area contributed by atoms with Gasteiger partial charge in [0.2, 0.25) is 17.2 Å². The molecule has 0 aromatic carbocycles. The number of carbonyl (C=O) groups excluding carboxylic acids is 13. The monoisotopic (exact) mass is 692 g/mol. The molecule has 0 aliphatic carbocycles. The zero-order valence-electron chi connectivity index (χ0n) is 27.6. The lowest BCUT2D eigenvalue weighted by Crippen LogP contribution is -2.76. The Morgan fingerprint density at radius 1 is 0.688 bits per heavy atom. The zero-order valence-corrected chi connectivity index (χ0v) is 28.4. The van der Waals surface area contributed by atoms with E-state index in [0.717, 1.165) is 34.6 Å². The second-order valence-corrected chi connectivity index (χ2v) is 12.4. The Bertz CT molecular complexity index is 1610. The molecule has 1 saturated heterocycles. The van der Waals surface area contributed by atoms with Crippen molar-refractivity contribution in [1.82, 2.24) is 9.80 Å². The first-order chi connectivity index (χ1) is 21.8. The fraction of sp³-hybridized carbons (Fsp3) is 0.500. The van der Waals surface area contributed by atoms with Crippen LogP contribution in [-0.4, -0.2) is 108 Å². The van der Waals surface area contributed by atoms with E-state index in [1.165, 1.54) is 0 Å². The van der Waals surface area contributed by atoms with Gasteiger partial charge < -0.3 is 9.47 Å². The summed E-state index contributed by atoms with van der Waals surface area (Å²) >= 11 is 0.196. The lowest BCUT2D eigenvalue weighted by Gasteiger charge is -2.57. The van der Waals surface area contributed by atoms with Crippen LogP contribution in [0.25, 0.3) is 0 Å². The minimum absolute atomic E-state index is 0.196. The van der Waals surface area contributed by atoms with Gasteiger partial charge in [0.1, 0.15) is 17.1 Å². The normalized spacial score (nSPS) is 18.4. The quantitative estimate of drug-likeness (QED) is 0.137. The van der Waals surface area contributed by atoms with Crippen LogP contribution in [-0.2, 0) is 71.8 Å². The van der Waals surface area contributed by atoms with E-state index < -0.39 is 115 Å². The van der Waals surface area contributed by atoms with Gasteiger partial charge >= 0.3 is 17.9 Å². The van der Waals surface area contributed by atoms with Crippen LogP contribution in [0, 0.1) is 5.41 Å². The number of carbonyl (C=O) groups is 13. The van der Waals surface area contributed by atoms with Crippen LogP contribution in [0.5, 0.6) is 0 Å². The highest BCUT2D eigenvalue weighted by Crippen LogP contribution is 2.56. The van der Waals surface area contributed by atoms with E-state index in [2.05, 4.69) is 4.74 Å². The maximum absolute atomic E-state index is 13.9. The molecule has 0 unspecified atom stereocenters. The van der Waals surface area contributed by atoms with Gasteiger partial charge in [-0.2, -0.15) is 0 Å². The van der Waals surface area contributed by atoms with E-state index >= 15 is 0 Å². The van der Waals surface area contributed by atoms with Gasteiger partial charge in [-0.25, -0.2) is 9.59 Å². The molecule has 2 aliphatic rings. The van der Waals surface area contributed by atoms with Crippen LogP contribution < -0.4 is 0 Å². The second kappa shape index (κ2) is 13.2. The van der Waals surface area contributed by atoms with Gasteiger partial charge in [-0.1, -0.05) is 0 Å². The molecule has 2 rings (SSSR count). The van der Waals surface area contributed by atoms with Crippen molar-refractivity contribution in [2.75, 3.05) is 0 Å². The van der Waals surface area contributed by atoms with E-state index in [0.29, 0.717) is 44.4 Å². The van der Waals surface area contributed by atoms with Crippen molar-refractivity contribution in [2.24, 2.45) is 5.41 Å². The highest BCUT2D eigenvalue weighted by atomic mass is 32.2. The second-order valence-electron chi connectivity index (χ2n) is 11.1. The van der Waals surface area contributed by atoms with Gasteiger partial charge in [-0.05, 0) is 48.5 Å². The Morgan fingerprint density at radius 2 is 1.10 bits per heavy atom. The fourth-order valence-electron chi connectivity index (χ4n) is 5.93. The standard InChI is InChI=1S/C30H32N2O15S/c1-11(33)28(12(2)34,13(3)35)27(45)47-29(14(4)36,15(5)37)23-21(26(44)46-20(10)42)32-24(43)22(31(18(8)40)19(9)41)25(32)48-30(23,16(6)38)17(7)39/h22,25H,1-10H3/t22-,25-/m1/s1. The first-order valence-electron chi connectivity index (χ1n) is 13.9. The average molecular weight is 693 g/mol. The number of imide groups is 1. The minimum Gasteiger partial charge on any atom is -0.437 e. The van der Waals surface area contributed by atoms with Gasteiger partial charge in [0.05, 0.1) is 5.57 Å². The van der Waals surface area contributed by atoms with Crippen LogP contribution in [0.15, 0.2) is 11.3 Å². The van der Waals surface area contributed by atoms with Gasteiger partial charge in [0.15, 0.2) is 45.2 Å². The third kappa shape index (κ3) is 5.52. The van der Waals surface area contributed by atoms with Crippen LogP contribution in [0.2, 0.25) is 0 Å². The summed E-state index contributed by atoms with van der Waals surface area (Å²) in [5.41, 5.74) is -9.53. The molecule has 17 nitrogen and oxygen atoms in total. The van der Waals surface area contributed by atoms with Gasteiger partial charge in [-0.15, -0.1) is 11.8 Å². The maximum atomic E-state index is 13.9. The summed E-state index contributed by atoms with van der Waals surface area (Å²) < 4.78 is 7.07. The summed E-state index contributed by atoms with van der Waals surface area (Å²) in [5, 5.41) is -1.67. The minimum atomic E-state index is -3.63. The number of rotatable bonds is 12. The molecule has 0 N–H and O–H groups in total. The van der Waals surface area contributed by atoms with E-state index in [9.17, 15) is 62.3 Å². The summed E-state index contributed by atoms with van der Waals surface area (Å²) in [4.78, 5) is 172. The predicted molar refractivity (Wildman–Crippen MR) is 158 cm³/mol. The van der Waals surface area contributed by atoms with Crippen molar-refractivity contribution in [3.8, 4) is 0 Å². The van der Waals surface area contributed by atoms with Gasteiger partial charge in [0.25, 0.3) is 11.5 Å². The first kappa shape index (κ1) is 39.2. The van der Waals surface area contributed by atoms with Crippen LogP contribution in [0.3, 0.4) is 0 Å². The number of esters is 3. The van der Waals surface area contributed by atoms with E-state index in [4.69, 9.17) is 4.74 Å². The van der Waals surface area contributed by atoms with Gasteiger partial charge in [-0.3, -0.25) is 62.5 Å². The van der Waals surface area contributed by atoms with Crippen molar-refractivity contribution >= 4 is 87.9 Å². The molecule has 0 bridgehead atoms. The molecule has 2 atom stereocenters. The lowest BCUT2D eigenvalue weighted by atomic mass is 9.72. The molecular formula is C30H32N2O15S. The number of β-lactam (4-membered cyclic amide) rings is 1. The summed E-state index contributed by atoms with van der Waals surface area (Å²) in [6, 6.07) is -1.78. The van der Waals surface area contributed by atoms with Crippen molar-refractivity contribution in [3.63, 3.8) is 0 Å². The number of nitrogens with zero attached hydrogens (tertiary/aromatic N) is 2. The molecule has 0 saturated carbocycles. The molecule has 1 fully saturated rings. The third-order valence-corrected chi connectivity index (χ3v) is 9.84. The van der Waals surface area contributed by atoms with Crippen molar-refractivity contribution in [1.29, 1.82) is 0 Å². The van der Waals surface area contributed by atoms with Crippen molar-refractivity contribution in [3.05, 3.63) is 11.3 Å². The van der Waals surface area contributed by atoms with Crippen LogP contribution in [0.4, 0.5) is 0 Å². The molecule has 0 aromatic rings. The molecule has 18 heteroatoms. The highest BCUT2D eigenvalue weighted by Gasteiger charge is 2.72. The molecule has 3 amide bonds. The largest absolute Gasteiger partial charge is 0.437 e. The van der Waals surface area contributed by atoms with E-state index in [1.807, 2.05) is 0 Å². The molecule has 258 valence electrons. The number of ketones is 7. The Kier molecular flexibility index (Phi) is 10.8. The topological polar surface area (TPSA) is 247 Å². The lowest BCUT2D eigenvalue weighted by molar-refractivity contribution is -0.182. The Morgan fingerprint density at radius 3 is 1.42 bits per heavy atom. The van der Waals surface area contributed by atoms with E-state index in [-0.39, 0.29) is 11.8 Å². The SMILES string of the molecule is CC(=O)OC(=O)C1=C(C(OC(=O)C(C(C)=O)(C(C)=O)C(C)=O)(C(C)=O)C(C)=O)C(C(C)=O)(C(C)=O)S[C@@H]2[C@H](N(C(C)=O)C(C)=O)C(=O)N12. The number of fused-ring (bicyclic) bond motifs is 1. The predicted octanol–water partition coefficient (Wildman–Crippen LogP) is -0.861. The summed E-state index contributed by atoms with van der Waals surface area (Å²) in [7, 11) is 0. The first-order valence-corrected chi connectivity index (χ1v) is 14.8. The summed E-state index contributed by atoms with van der Waals surface area (Å²) in [6.45, 7) is 7.27. The van der Waals surface area contributed by atoms with Gasteiger partial charge in [0, 0.05) is 20.8 Å². The number of amides is 3. The smallest absolute Gasteiger partial charge is 0.362 e. The van der Waals surface area contributed by atoms with Crippen molar-refractivity contribution < 1.29 is 71.8 Å². The summed E-state index contributed by atoms with van der Waals surface area (Å²) in [5.74, 6) is -18.3. The maximum Gasteiger partial charge on any atom is 0.362 e. The highest BCUT2D eigenvalue weighted by molar-refractivity contribution is 8.03. The fourth-order valence-corrected chi connectivity index (χ4v) is 7.66. The summed E-state index contributed by atoms with van der Waals surface area (Å²) in [6.07, 6.45) is 0. The molecular weight excluding hydrogens is 660 g/mol. The molecule has 2 heterocycles. The number of thioether (sulfide) groups is 1. The molecule has 0 radical (unpaired) electrons. The zero-order chi connectivity index (χ0) is 37.6. The number of hydrogen-bond donors (Lipinski definition) is 0. The Hall–Kier alpha value is -5.00. The molecule has 2 aliphatic heterocycles. The van der Waals surface area contributed by atoms with Crippen LogP contribution >= 0.6 is 11.8 Å². The number of Topliss-reactive ketones (excluding diaryl/α,β-unsaturated/α-hetero) is 7. The number of hydrogen-bond acceptors (Lipinski definition) is 16. The van der Waals surface area contributed by atoms with Crippen LogP contribution in [0.1, 0.15) is 69.2 Å². The molecule has 48 heavy (non-hydrogen) atoms. The molecule has 0 aromatic heterocycles. The average Bonchev–Trinajstić information content (AvgIpc) is 2.91. The Labute approximate surface area is 277 Å². The third-order valence-electron chi connectivity index (χ3n) is 8.00. The molecule has 0 spiro atoms. The van der Waals surface area contributed by atoms with Crippen molar-refractivity contribution in [2.45, 2.75) is 91.0 Å².